The summed E-state index contributed by atoms with van der Waals surface area (Å²) in [6, 6.07) is 11.5. The third-order valence-corrected chi connectivity index (χ3v) is 9.75. The zero-order chi connectivity index (χ0) is 28.8. The predicted octanol–water partition coefficient (Wildman–Crippen LogP) is 9.08. The number of benzene rings is 2. The molecule has 0 bridgehead atoms. The van der Waals surface area contributed by atoms with Gasteiger partial charge in [0.25, 0.3) is 0 Å². The molecule has 0 amide bonds. The zero-order valence-electron chi connectivity index (χ0n) is 25.6. The molecule has 1 fully saturated rings. The summed E-state index contributed by atoms with van der Waals surface area (Å²) in [5.41, 5.74) is 8.53. The van der Waals surface area contributed by atoms with Crippen LogP contribution in [0.15, 0.2) is 30.3 Å². The molecule has 0 spiro atoms. The average Bonchev–Trinajstić information content (AvgIpc) is 3.42. The van der Waals surface area contributed by atoms with Crippen molar-refractivity contribution < 1.29 is 14.4 Å². The maximum Gasteiger partial charge on any atom is 0.163 e. The van der Waals surface area contributed by atoms with E-state index >= 15 is 0 Å². The molecule has 0 saturated heterocycles. The number of carbonyl (C=O) groups excluding carboxylic acids is 3. The summed E-state index contributed by atoms with van der Waals surface area (Å²) in [4.78, 5) is 38.5. The molecule has 0 radical (unpaired) electrons. The molecule has 0 heterocycles. The van der Waals surface area contributed by atoms with E-state index in [0.717, 1.165) is 62.0 Å². The Kier molecular flexibility index (Phi) is 10.6. The summed E-state index contributed by atoms with van der Waals surface area (Å²) >= 11 is 0. The molecule has 2 aromatic rings. The zero-order valence-corrected chi connectivity index (χ0v) is 25.6. The first kappa shape index (κ1) is 30.4. The topological polar surface area (TPSA) is 51.2 Å². The summed E-state index contributed by atoms with van der Waals surface area (Å²) in [7, 11) is 0. The van der Waals surface area contributed by atoms with Gasteiger partial charge in [0.05, 0.1) is 6.42 Å². The van der Waals surface area contributed by atoms with E-state index in [1.54, 1.807) is 0 Å². The molecule has 1 saturated carbocycles. The normalized spacial score (nSPS) is 18.9. The van der Waals surface area contributed by atoms with Gasteiger partial charge in [0.1, 0.15) is 11.6 Å². The van der Waals surface area contributed by atoms with Crippen molar-refractivity contribution in [1.82, 2.24) is 0 Å². The number of fused-ring (bicyclic) bond motifs is 1. The highest BCUT2D eigenvalue weighted by Crippen LogP contribution is 2.41. The van der Waals surface area contributed by atoms with Crippen LogP contribution in [0.2, 0.25) is 0 Å². The van der Waals surface area contributed by atoms with Crippen LogP contribution >= 0.6 is 0 Å². The van der Waals surface area contributed by atoms with Gasteiger partial charge in [-0.05, 0) is 97.1 Å². The number of hydrogen-bond acceptors (Lipinski definition) is 3. The number of hydrogen-bond donors (Lipinski definition) is 0. The molecule has 0 N–H and O–H groups in total. The van der Waals surface area contributed by atoms with Crippen molar-refractivity contribution in [2.45, 2.75) is 118 Å². The largest absolute Gasteiger partial charge is 0.300 e. The van der Waals surface area contributed by atoms with E-state index in [-0.39, 0.29) is 41.5 Å². The second-order valence-electron chi connectivity index (χ2n) is 12.8. The summed E-state index contributed by atoms with van der Waals surface area (Å²) in [5.74, 6) is 1.42. The van der Waals surface area contributed by atoms with E-state index < -0.39 is 0 Å². The highest BCUT2D eigenvalue weighted by Gasteiger charge is 2.34. The highest BCUT2D eigenvalue weighted by atomic mass is 16.1. The lowest BCUT2D eigenvalue weighted by atomic mass is 9.71. The standard InChI is InChI=1S/C37H50O3/c1-6-11-30(31(8-3)35(39)18-25(5)38)20-28-22-34-32(17-14-24(4)37(34)36(40)23-28)33-21-27(15-16-29(33)7-2)19-26-12-9-10-13-26/h14-17,21,26,28,30-31H,6-13,18-20,22-23H2,1-5H3. The molecule has 2 aliphatic rings. The van der Waals surface area contributed by atoms with Crippen molar-refractivity contribution in [3.8, 4) is 11.1 Å². The second kappa shape index (κ2) is 13.9. The molecule has 2 aromatic carbocycles. The van der Waals surface area contributed by atoms with Crippen molar-refractivity contribution in [3.63, 3.8) is 0 Å². The highest BCUT2D eigenvalue weighted by molar-refractivity contribution is 6.02. The molecule has 0 aromatic heterocycles. The molecular weight excluding hydrogens is 492 g/mol. The van der Waals surface area contributed by atoms with Crippen LogP contribution in [0.1, 0.15) is 125 Å². The minimum atomic E-state index is -0.101. The Labute approximate surface area is 242 Å². The van der Waals surface area contributed by atoms with E-state index in [4.69, 9.17) is 0 Å². The Morgan fingerprint density at radius 1 is 0.950 bits per heavy atom. The average molecular weight is 543 g/mol. The Morgan fingerprint density at radius 2 is 1.70 bits per heavy atom. The van der Waals surface area contributed by atoms with Gasteiger partial charge in [-0.15, -0.1) is 0 Å². The van der Waals surface area contributed by atoms with Gasteiger partial charge in [-0.25, -0.2) is 0 Å². The van der Waals surface area contributed by atoms with Gasteiger partial charge in [-0.3, -0.25) is 14.4 Å². The van der Waals surface area contributed by atoms with Gasteiger partial charge < -0.3 is 0 Å². The number of Topliss-reactive ketones (excluding diaryl/α,β-unsaturated/α-hetero) is 3. The smallest absolute Gasteiger partial charge is 0.163 e. The quantitative estimate of drug-likeness (QED) is 0.237. The molecule has 2 aliphatic carbocycles. The summed E-state index contributed by atoms with van der Waals surface area (Å²) in [6.45, 7) is 10.0. The second-order valence-corrected chi connectivity index (χ2v) is 12.8. The van der Waals surface area contributed by atoms with Crippen molar-refractivity contribution >= 4 is 17.3 Å². The van der Waals surface area contributed by atoms with Gasteiger partial charge in [-0.1, -0.05) is 89.6 Å². The fourth-order valence-electron chi connectivity index (χ4n) is 7.85. The van der Waals surface area contributed by atoms with E-state index in [1.807, 2.05) is 0 Å². The maximum absolute atomic E-state index is 13.7. The lowest BCUT2D eigenvalue weighted by Crippen LogP contribution is -2.30. The Balaban J connectivity index is 1.67. The van der Waals surface area contributed by atoms with Gasteiger partial charge >= 0.3 is 0 Å². The number of rotatable bonds is 13. The molecule has 3 nitrogen and oxygen atoms in total. The van der Waals surface area contributed by atoms with E-state index in [0.29, 0.717) is 6.42 Å². The van der Waals surface area contributed by atoms with Gasteiger partial charge in [0.15, 0.2) is 5.78 Å². The van der Waals surface area contributed by atoms with Crippen molar-refractivity contribution in [2.75, 3.05) is 0 Å². The first-order valence-electron chi connectivity index (χ1n) is 16.0. The molecule has 3 heteroatoms. The van der Waals surface area contributed by atoms with Gasteiger partial charge in [0, 0.05) is 17.9 Å². The Bertz CT molecular complexity index is 1220. The lowest BCUT2D eigenvalue weighted by Gasteiger charge is -2.33. The third kappa shape index (κ3) is 7.01. The fourth-order valence-corrected chi connectivity index (χ4v) is 7.85. The van der Waals surface area contributed by atoms with Gasteiger partial charge in [0.2, 0.25) is 0 Å². The number of carbonyl (C=O) groups is 3. The van der Waals surface area contributed by atoms with Crippen molar-refractivity contribution in [3.05, 3.63) is 58.1 Å². The third-order valence-electron chi connectivity index (χ3n) is 9.75. The maximum atomic E-state index is 13.7. The summed E-state index contributed by atoms with van der Waals surface area (Å²) in [5, 5.41) is 0. The number of ketones is 3. The molecule has 216 valence electrons. The molecule has 3 atom stereocenters. The minimum absolute atomic E-state index is 0.0332. The molecule has 0 aliphatic heterocycles. The minimum Gasteiger partial charge on any atom is -0.300 e. The first-order valence-corrected chi connectivity index (χ1v) is 16.0. The first-order chi connectivity index (χ1) is 19.2. The van der Waals surface area contributed by atoms with Crippen LogP contribution < -0.4 is 0 Å². The molecule has 3 unspecified atom stereocenters. The van der Waals surface area contributed by atoms with Crippen molar-refractivity contribution in [2.24, 2.45) is 23.7 Å². The van der Waals surface area contributed by atoms with Crippen LogP contribution in [0.25, 0.3) is 11.1 Å². The Hall–Kier alpha value is -2.55. The van der Waals surface area contributed by atoms with Crippen LogP contribution in [-0.4, -0.2) is 17.3 Å². The van der Waals surface area contributed by atoms with Crippen LogP contribution in [0, 0.1) is 30.6 Å². The Morgan fingerprint density at radius 3 is 2.35 bits per heavy atom. The van der Waals surface area contributed by atoms with Crippen LogP contribution in [0.4, 0.5) is 0 Å². The SMILES string of the molecule is CCCC(CC1CC(=O)c2c(C)ccc(-c3cc(CC4CCCC4)ccc3CC)c2C1)C(CC)C(=O)CC(C)=O. The van der Waals surface area contributed by atoms with Crippen LogP contribution in [0.5, 0.6) is 0 Å². The lowest BCUT2D eigenvalue weighted by molar-refractivity contribution is -0.129. The number of aryl methyl sites for hydroxylation is 2. The fraction of sp³-hybridized carbons (Fsp3) is 0.595. The summed E-state index contributed by atoms with van der Waals surface area (Å²) < 4.78 is 0. The molecular formula is C37H50O3. The van der Waals surface area contributed by atoms with Crippen LogP contribution in [0.3, 0.4) is 0 Å². The molecule has 40 heavy (non-hydrogen) atoms. The van der Waals surface area contributed by atoms with Crippen LogP contribution in [-0.2, 0) is 28.9 Å². The molecule has 4 rings (SSSR count). The monoisotopic (exact) mass is 542 g/mol. The predicted molar refractivity (Wildman–Crippen MR) is 165 cm³/mol. The van der Waals surface area contributed by atoms with Crippen molar-refractivity contribution in [1.29, 1.82) is 0 Å². The summed E-state index contributed by atoms with van der Waals surface area (Å²) in [6.07, 6.45) is 12.6. The van der Waals surface area contributed by atoms with E-state index in [1.165, 1.54) is 60.4 Å². The van der Waals surface area contributed by atoms with E-state index in [2.05, 4.69) is 58.0 Å². The van der Waals surface area contributed by atoms with Gasteiger partial charge in [-0.2, -0.15) is 0 Å². The van der Waals surface area contributed by atoms with E-state index in [9.17, 15) is 14.4 Å².